The van der Waals surface area contributed by atoms with E-state index < -0.39 is 23.6 Å². The lowest BCUT2D eigenvalue weighted by Gasteiger charge is -2.22. The highest BCUT2D eigenvalue weighted by atomic mass is 19.4. The molecule has 1 aromatic carbocycles. The van der Waals surface area contributed by atoms with E-state index in [1.54, 1.807) is 7.05 Å². The Morgan fingerprint density at radius 2 is 1.79 bits per heavy atom. The summed E-state index contributed by atoms with van der Waals surface area (Å²) in [5, 5.41) is 2.85. The maximum absolute atomic E-state index is 13.2. The van der Waals surface area contributed by atoms with Crippen molar-refractivity contribution < 1.29 is 17.6 Å². The molecule has 0 heterocycles. The molecule has 0 aliphatic carbocycles. The highest BCUT2D eigenvalue weighted by molar-refractivity contribution is 5.33. The van der Waals surface area contributed by atoms with Crippen molar-refractivity contribution in [3.8, 4) is 0 Å². The molecule has 1 nitrogen and oxygen atoms in total. The fraction of sp³-hybridized carbons (Fsp3) is 0.571. The molecule has 0 saturated carbocycles. The average Bonchev–Trinajstić information content (AvgIpc) is 2.27. The first-order valence-electron chi connectivity index (χ1n) is 6.29. The number of hydrogen-bond donors (Lipinski definition) is 1. The predicted octanol–water partition coefficient (Wildman–Crippen LogP) is 4.54. The lowest BCUT2D eigenvalue weighted by atomic mass is 9.94. The molecule has 1 N–H and O–H groups in total. The van der Waals surface area contributed by atoms with Crippen molar-refractivity contribution in [3.63, 3.8) is 0 Å². The Labute approximate surface area is 111 Å². The summed E-state index contributed by atoms with van der Waals surface area (Å²) in [5.41, 5.74) is -0.785. The van der Waals surface area contributed by atoms with E-state index in [0.717, 1.165) is 24.6 Å². The monoisotopic (exact) mass is 277 g/mol. The van der Waals surface area contributed by atoms with Gasteiger partial charge in [-0.3, -0.25) is 0 Å². The van der Waals surface area contributed by atoms with Crippen LogP contribution in [0.5, 0.6) is 0 Å². The normalized spacial score (nSPS) is 13.9. The van der Waals surface area contributed by atoms with Crippen LogP contribution in [0.4, 0.5) is 17.6 Å². The van der Waals surface area contributed by atoms with Crippen molar-refractivity contribution in [2.75, 3.05) is 7.05 Å². The molecule has 1 atom stereocenters. The van der Waals surface area contributed by atoms with Gasteiger partial charge in [-0.15, -0.1) is 0 Å². The maximum Gasteiger partial charge on any atom is 0.416 e. The molecular formula is C14H19F4N. The van der Waals surface area contributed by atoms with Crippen molar-refractivity contribution >= 4 is 0 Å². The summed E-state index contributed by atoms with van der Waals surface area (Å²) in [5.74, 6) is -0.258. The lowest BCUT2D eigenvalue weighted by molar-refractivity contribution is -0.138. The minimum absolute atomic E-state index is 0.0179. The molecule has 0 fully saturated rings. The first kappa shape index (κ1) is 16.0. The van der Waals surface area contributed by atoms with Crippen LogP contribution in [-0.4, -0.2) is 7.05 Å². The third-order valence-electron chi connectivity index (χ3n) is 3.08. The number of rotatable bonds is 5. The fourth-order valence-electron chi connectivity index (χ4n) is 2.04. The minimum atomic E-state index is -4.46. The van der Waals surface area contributed by atoms with Crippen molar-refractivity contribution in [1.82, 2.24) is 5.32 Å². The van der Waals surface area contributed by atoms with Gasteiger partial charge in [-0.1, -0.05) is 13.8 Å². The molecule has 0 saturated heterocycles. The van der Waals surface area contributed by atoms with E-state index in [1.165, 1.54) is 0 Å². The SMILES string of the molecule is CNC(CCC(C)C)c1cc(F)ccc1C(F)(F)F. The van der Waals surface area contributed by atoms with Gasteiger partial charge in [0.2, 0.25) is 0 Å². The van der Waals surface area contributed by atoms with Gasteiger partial charge < -0.3 is 5.32 Å². The third kappa shape index (κ3) is 4.49. The minimum Gasteiger partial charge on any atom is -0.313 e. The van der Waals surface area contributed by atoms with E-state index in [-0.39, 0.29) is 5.56 Å². The predicted molar refractivity (Wildman–Crippen MR) is 67.3 cm³/mol. The summed E-state index contributed by atoms with van der Waals surface area (Å²) in [6.07, 6.45) is -3.14. The van der Waals surface area contributed by atoms with Gasteiger partial charge >= 0.3 is 6.18 Å². The van der Waals surface area contributed by atoms with Crippen LogP contribution in [0.3, 0.4) is 0 Å². The number of nitrogens with one attached hydrogen (secondary N) is 1. The van der Waals surface area contributed by atoms with E-state index in [0.29, 0.717) is 12.3 Å². The van der Waals surface area contributed by atoms with Gasteiger partial charge in [0.05, 0.1) is 5.56 Å². The second-order valence-corrected chi connectivity index (χ2v) is 5.04. The molecule has 0 aromatic heterocycles. The molecule has 1 unspecified atom stereocenters. The molecule has 0 aliphatic heterocycles. The van der Waals surface area contributed by atoms with Crippen LogP contribution in [-0.2, 0) is 6.18 Å². The number of alkyl halides is 3. The molecule has 0 aliphatic rings. The van der Waals surface area contributed by atoms with Gasteiger partial charge in [0.1, 0.15) is 5.82 Å². The molecule has 5 heteroatoms. The molecule has 0 amide bonds. The lowest BCUT2D eigenvalue weighted by Crippen LogP contribution is -2.21. The standard InChI is InChI=1S/C14H19F4N/c1-9(2)4-7-13(19-3)11-8-10(15)5-6-12(11)14(16,17)18/h5-6,8-9,13,19H,4,7H2,1-3H3. The topological polar surface area (TPSA) is 12.0 Å². The van der Waals surface area contributed by atoms with Gasteiger partial charge in [0.25, 0.3) is 0 Å². The molecule has 1 aromatic rings. The van der Waals surface area contributed by atoms with Crippen molar-refractivity contribution in [3.05, 3.63) is 35.1 Å². The quantitative estimate of drug-likeness (QED) is 0.779. The molecule has 108 valence electrons. The van der Waals surface area contributed by atoms with E-state index in [1.807, 2.05) is 13.8 Å². The Kier molecular flexibility index (Phi) is 5.35. The Morgan fingerprint density at radius 3 is 2.26 bits per heavy atom. The Bertz CT molecular complexity index is 412. The van der Waals surface area contributed by atoms with Gasteiger partial charge in [-0.05, 0) is 49.6 Å². The second-order valence-electron chi connectivity index (χ2n) is 5.04. The Balaban J connectivity index is 3.10. The zero-order chi connectivity index (χ0) is 14.6. The summed E-state index contributed by atoms with van der Waals surface area (Å²) >= 11 is 0. The zero-order valence-corrected chi connectivity index (χ0v) is 11.3. The van der Waals surface area contributed by atoms with E-state index in [4.69, 9.17) is 0 Å². The molecule has 19 heavy (non-hydrogen) atoms. The van der Waals surface area contributed by atoms with Crippen LogP contribution in [0.1, 0.15) is 43.9 Å². The van der Waals surface area contributed by atoms with Crippen LogP contribution >= 0.6 is 0 Å². The average molecular weight is 277 g/mol. The first-order chi connectivity index (χ1) is 8.75. The number of hydrogen-bond acceptors (Lipinski definition) is 1. The summed E-state index contributed by atoms with van der Waals surface area (Å²) in [6.45, 7) is 4.01. The highest BCUT2D eigenvalue weighted by Gasteiger charge is 2.35. The van der Waals surface area contributed by atoms with Crippen LogP contribution in [0.15, 0.2) is 18.2 Å². The van der Waals surface area contributed by atoms with Crippen LogP contribution in [0.2, 0.25) is 0 Å². The fourth-order valence-corrected chi connectivity index (χ4v) is 2.04. The summed E-state index contributed by atoms with van der Waals surface area (Å²) < 4.78 is 52.0. The van der Waals surface area contributed by atoms with Crippen LogP contribution in [0, 0.1) is 11.7 Å². The summed E-state index contributed by atoms with van der Waals surface area (Å²) in [7, 11) is 1.59. The van der Waals surface area contributed by atoms with Crippen molar-refractivity contribution in [2.45, 2.75) is 38.9 Å². The number of benzene rings is 1. The van der Waals surface area contributed by atoms with E-state index >= 15 is 0 Å². The summed E-state index contributed by atoms with van der Waals surface area (Å²) in [6, 6.07) is 2.14. The van der Waals surface area contributed by atoms with Crippen molar-refractivity contribution in [1.29, 1.82) is 0 Å². The first-order valence-corrected chi connectivity index (χ1v) is 6.29. The smallest absolute Gasteiger partial charge is 0.313 e. The summed E-state index contributed by atoms with van der Waals surface area (Å²) in [4.78, 5) is 0. The van der Waals surface area contributed by atoms with E-state index in [9.17, 15) is 17.6 Å². The molecule has 0 bridgehead atoms. The maximum atomic E-state index is 13.2. The van der Waals surface area contributed by atoms with Gasteiger partial charge in [-0.2, -0.15) is 13.2 Å². The molecular weight excluding hydrogens is 258 g/mol. The Morgan fingerprint density at radius 1 is 1.16 bits per heavy atom. The zero-order valence-electron chi connectivity index (χ0n) is 11.3. The van der Waals surface area contributed by atoms with E-state index in [2.05, 4.69) is 5.32 Å². The van der Waals surface area contributed by atoms with Gasteiger partial charge in [-0.25, -0.2) is 4.39 Å². The Hall–Kier alpha value is -1.10. The second kappa shape index (κ2) is 6.37. The highest BCUT2D eigenvalue weighted by Crippen LogP contribution is 2.36. The third-order valence-corrected chi connectivity index (χ3v) is 3.08. The van der Waals surface area contributed by atoms with Gasteiger partial charge in [0.15, 0.2) is 0 Å². The largest absolute Gasteiger partial charge is 0.416 e. The van der Waals surface area contributed by atoms with Crippen molar-refractivity contribution in [2.24, 2.45) is 5.92 Å². The van der Waals surface area contributed by atoms with Gasteiger partial charge in [0, 0.05) is 6.04 Å². The van der Waals surface area contributed by atoms with Crippen LogP contribution in [0.25, 0.3) is 0 Å². The molecule has 0 radical (unpaired) electrons. The molecule has 1 rings (SSSR count). The number of halogens is 4. The van der Waals surface area contributed by atoms with Crippen LogP contribution < -0.4 is 5.32 Å². The molecule has 0 spiro atoms.